The number of fused-ring (bicyclic) bond motifs is 1. The van der Waals surface area contributed by atoms with Crippen molar-refractivity contribution in [1.29, 1.82) is 0 Å². The lowest BCUT2D eigenvalue weighted by Gasteiger charge is -2.10. The first kappa shape index (κ1) is 11.8. The van der Waals surface area contributed by atoms with Gasteiger partial charge in [0.2, 0.25) is 0 Å². The molecule has 0 amide bonds. The average Bonchev–Trinajstić information content (AvgIpc) is 2.82. The highest BCUT2D eigenvalue weighted by molar-refractivity contribution is 5.75. The summed E-state index contributed by atoms with van der Waals surface area (Å²) in [7, 11) is 0. The number of pyridine rings is 1. The van der Waals surface area contributed by atoms with Crippen LogP contribution < -0.4 is 5.73 Å². The van der Waals surface area contributed by atoms with Gasteiger partial charge in [-0.05, 0) is 37.1 Å². The van der Waals surface area contributed by atoms with Crippen LogP contribution in [0, 0.1) is 0 Å². The Morgan fingerprint density at radius 2 is 2.05 bits per heavy atom. The molecule has 96 valence electrons. The number of para-hydroxylation sites is 1. The van der Waals surface area contributed by atoms with Crippen molar-refractivity contribution in [3.05, 3.63) is 48.2 Å². The van der Waals surface area contributed by atoms with Gasteiger partial charge in [-0.2, -0.15) is 4.68 Å². The third-order valence-corrected chi connectivity index (χ3v) is 2.96. The zero-order valence-electron chi connectivity index (χ0n) is 10.7. The number of hydrogen-bond donors (Lipinski definition) is 1. The fourth-order valence-electron chi connectivity index (χ4n) is 2.15. The van der Waals surface area contributed by atoms with Gasteiger partial charge >= 0.3 is 0 Å². The zero-order chi connectivity index (χ0) is 13.2. The lowest BCUT2D eigenvalue weighted by atomic mass is 10.1. The molecule has 5 heteroatoms. The Morgan fingerprint density at radius 1 is 1.21 bits per heavy atom. The predicted octanol–water partition coefficient (Wildman–Crippen LogP) is 1.71. The van der Waals surface area contributed by atoms with Crippen molar-refractivity contribution in [3.8, 4) is 5.82 Å². The summed E-state index contributed by atoms with van der Waals surface area (Å²) in [6, 6.07) is 11.9. The van der Waals surface area contributed by atoms with Crippen LogP contribution in [0.2, 0.25) is 0 Å². The molecule has 0 spiro atoms. The summed E-state index contributed by atoms with van der Waals surface area (Å²) in [4.78, 5) is 4.43. The lowest BCUT2D eigenvalue weighted by molar-refractivity contribution is 0.716. The van der Waals surface area contributed by atoms with Crippen LogP contribution in [0.1, 0.15) is 12.5 Å². The molecular weight excluding hydrogens is 238 g/mol. The molecule has 19 heavy (non-hydrogen) atoms. The van der Waals surface area contributed by atoms with E-state index in [9.17, 15) is 0 Å². The Morgan fingerprint density at radius 3 is 2.89 bits per heavy atom. The van der Waals surface area contributed by atoms with Gasteiger partial charge in [-0.25, -0.2) is 4.98 Å². The first-order chi connectivity index (χ1) is 9.25. The minimum Gasteiger partial charge on any atom is -0.328 e. The van der Waals surface area contributed by atoms with E-state index in [2.05, 4.69) is 15.3 Å². The van der Waals surface area contributed by atoms with Crippen LogP contribution >= 0.6 is 0 Å². The number of nitrogens with zero attached hydrogens (tertiary/aromatic N) is 4. The fourth-order valence-corrected chi connectivity index (χ4v) is 2.15. The number of benzene rings is 1. The monoisotopic (exact) mass is 253 g/mol. The summed E-state index contributed by atoms with van der Waals surface area (Å²) >= 11 is 0. The molecule has 0 aliphatic carbocycles. The van der Waals surface area contributed by atoms with Crippen molar-refractivity contribution in [2.45, 2.75) is 19.4 Å². The van der Waals surface area contributed by atoms with Gasteiger partial charge in [-0.1, -0.05) is 23.4 Å². The van der Waals surface area contributed by atoms with Crippen molar-refractivity contribution >= 4 is 11.0 Å². The zero-order valence-corrected chi connectivity index (χ0v) is 10.7. The average molecular weight is 253 g/mol. The molecule has 3 rings (SSSR count). The van der Waals surface area contributed by atoms with Gasteiger partial charge in [0.25, 0.3) is 0 Å². The number of aromatic nitrogens is 4. The molecule has 0 saturated heterocycles. The Labute approximate surface area is 111 Å². The molecule has 0 radical (unpaired) electrons. The summed E-state index contributed by atoms with van der Waals surface area (Å²) in [5.74, 6) is 0.800. The van der Waals surface area contributed by atoms with Crippen molar-refractivity contribution < 1.29 is 0 Å². The highest BCUT2D eigenvalue weighted by Crippen LogP contribution is 2.18. The second-order valence-corrected chi connectivity index (χ2v) is 4.66. The Kier molecular flexibility index (Phi) is 2.97. The van der Waals surface area contributed by atoms with E-state index in [4.69, 9.17) is 5.73 Å². The molecule has 2 aromatic heterocycles. The van der Waals surface area contributed by atoms with Gasteiger partial charge in [-0.3, -0.25) is 0 Å². The first-order valence-electron chi connectivity index (χ1n) is 6.26. The lowest BCUT2D eigenvalue weighted by Crippen LogP contribution is -2.19. The summed E-state index contributed by atoms with van der Waals surface area (Å²) in [5.41, 5.74) is 8.78. The van der Waals surface area contributed by atoms with Crippen molar-refractivity contribution in [2.24, 2.45) is 5.73 Å². The van der Waals surface area contributed by atoms with Crippen LogP contribution in [0.4, 0.5) is 0 Å². The van der Waals surface area contributed by atoms with Crippen LogP contribution in [-0.2, 0) is 6.42 Å². The molecule has 0 aliphatic heterocycles. The third-order valence-electron chi connectivity index (χ3n) is 2.96. The van der Waals surface area contributed by atoms with E-state index in [1.807, 2.05) is 43.3 Å². The van der Waals surface area contributed by atoms with Crippen LogP contribution in [0.5, 0.6) is 0 Å². The number of hydrogen-bond acceptors (Lipinski definition) is 4. The van der Waals surface area contributed by atoms with Crippen molar-refractivity contribution in [1.82, 2.24) is 20.0 Å². The van der Waals surface area contributed by atoms with Crippen LogP contribution in [0.25, 0.3) is 16.9 Å². The standard InChI is InChI=1S/C14H15N5/c1-10(15)9-11-5-4-8-16-14(11)19-13-7-3-2-6-12(13)17-18-19/h2-8,10H,9,15H2,1H3. The van der Waals surface area contributed by atoms with E-state index in [-0.39, 0.29) is 6.04 Å². The van der Waals surface area contributed by atoms with Crippen LogP contribution in [-0.4, -0.2) is 26.0 Å². The maximum absolute atomic E-state index is 5.89. The summed E-state index contributed by atoms with van der Waals surface area (Å²) in [6.45, 7) is 1.98. The molecule has 0 bridgehead atoms. The molecule has 5 nitrogen and oxygen atoms in total. The van der Waals surface area contributed by atoms with E-state index in [0.717, 1.165) is 28.8 Å². The summed E-state index contributed by atoms with van der Waals surface area (Å²) < 4.78 is 1.77. The minimum atomic E-state index is 0.0812. The highest BCUT2D eigenvalue weighted by atomic mass is 15.4. The molecule has 1 atom stereocenters. The molecule has 1 aromatic carbocycles. The van der Waals surface area contributed by atoms with E-state index < -0.39 is 0 Å². The van der Waals surface area contributed by atoms with E-state index in [1.165, 1.54) is 0 Å². The smallest absolute Gasteiger partial charge is 0.159 e. The molecule has 1 unspecified atom stereocenters. The van der Waals surface area contributed by atoms with Crippen molar-refractivity contribution in [3.63, 3.8) is 0 Å². The van der Waals surface area contributed by atoms with Crippen molar-refractivity contribution in [2.75, 3.05) is 0 Å². The first-order valence-corrected chi connectivity index (χ1v) is 6.26. The molecule has 0 aliphatic rings. The Bertz CT molecular complexity index is 702. The van der Waals surface area contributed by atoms with Gasteiger partial charge in [0.05, 0.1) is 5.52 Å². The number of rotatable bonds is 3. The maximum Gasteiger partial charge on any atom is 0.159 e. The molecular formula is C14H15N5. The minimum absolute atomic E-state index is 0.0812. The maximum atomic E-state index is 5.89. The summed E-state index contributed by atoms with van der Waals surface area (Å²) in [5, 5.41) is 8.35. The van der Waals surface area contributed by atoms with Gasteiger partial charge in [0, 0.05) is 12.2 Å². The molecule has 2 heterocycles. The van der Waals surface area contributed by atoms with Gasteiger partial charge in [0.1, 0.15) is 5.52 Å². The van der Waals surface area contributed by atoms with E-state index in [1.54, 1.807) is 10.9 Å². The predicted molar refractivity (Wildman–Crippen MR) is 74.0 cm³/mol. The second kappa shape index (κ2) is 4.78. The third kappa shape index (κ3) is 2.20. The topological polar surface area (TPSA) is 69.6 Å². The largest absolute Gasteiger partial charge is 0.328 e. The normalized spacial score (nSPS) is 12.7. The molecule has 0 fully saturated rings. The van der Waals surface area contributed by atoms with Gasteiger partial charge in [-0.15, -0.1) is 5.10 Å². The molecule has 3 aromatic rings. The van der Waals surface area contributed by atoms with Gasteiger partial charge in [0.15, 0.2) is 5.82 Å². The van der Waals surface area contributed by atoms with E-state index in [0.29, 0.717) is 0 Å². The fraction of sp³-hybridized carbons (Fsp3) is 0.214. The quantitative estimate of drug-likeness (QED) is 0.771. The van der Waals surface area contributed by atoms with Crippen LogP contribution in [0.15, 0.2) is 42.6 Å². The highest BCUT2D eigenvalue weighted by Gasteiger charge is 2.12. The Hall–Kier alpha value is -2.27. The second-order valence-electron chi connectivity index (χ2n) is 4.66. The van der Waals surface area contributed by atoms with Crippen LogP contribution in [0.3, 0.4) is 0 Å². The van der Waals surface area contributed by atoms with E-state index >= 15 is 0 Å². The molecule has 0 saturated carbocycles. The Balaban J connectivity index is 2.16. The summed E-state index contributed by atoms with van der Waals surface area (Å²) in [6.07, 6.45) is 2.52. The molecule has 2 N–H and O–H groups in total. The SMILES string of the molecule is CC(N)Cc1cccnc1-n1nnc2ccccc21. The number of nitrogens with two attached hydrogens (primary N) is 1. The van der Waals surface area contributed by atoms with Gasteiger partial charge < -0.3 is 5.73 Å².